The lowest BCUT2D eigenvalue weighted by Crippen LogP contribution is -2.77. The molecular weight excluding hydrogens is 473 g/mol. The fourth-order valence-corrected chi connectivity index (χ4v) is 102. The maximum Gasteiger partial charge on any atom is 0.0826 e. The van der Waals surface area contributed by atoms with Crippen LogP contribution >= 0.6 is 0 Å². The molecule has 0 radical (unpaired) electrons. The molecule has 4 rings (SSSR count). The van der Waals surface area contributed by atoms with Gasteiger partial charge in [-0.05, 0) is 42.3 Å². The molecule has 4 aliphatic rings. The van der Waals surface area contributed by atoms with E-state index in [9.17, 15) is 0 Å². The number of hydrogen-bond acceptors (Lipinski definition) is 0. The molecule has 4 heterocycles. The Kier molecular flexibility index (Phi) is 6.15. The van der Waals surface area contributed by atoms with Crippen LogP contribution in [0.4, 0.5) is 0 Å². The van der Waals surface area contributed by atoms with Gasteiger partial charge in [0.1, 0.15) is 0 Å². The van der Waals surface area contributed by atoms with Crippen LogP contribution in [0.2, 0.25) is 42.6 Å². The molecule has 0 unspecified atom stereocenters. The van der Waals surface area contributed by atoms with Gasteiger partial charge in [0.05, 0.1) is 30.4 Å². The van der Waals surface area contributed by atoms with E-state index in [-0.39, 0.29) is 0 Å². The molecule has 2 fully saturated rings. The van der Waals surface area contributed by atoms with Crippen molar-refractivity contribution in [1.82, 2.24) is 0 Å². The normalized spacial score (nSPS) is 36.2. The molecule has 4 heteroatoms. The van der Waals surface area contributed by atoms with Crippen molar-refractivity contribution in [3.63, 3.8) is 0 Å². The summed E-state index contributed by atoms with van der Waals surface area (Å²) in [4.78, 5) is 0. The Labute approximate surface area is 219 Å². The fraction of sp³-hybridized carbons (Fsp3) is 0.933. The molecule has 34 heavy (non-hydrogen) atoms. The van der Waals surface area contributed by atoms with E-state index in [2.05, 4.69) is 134 Å². The third-order valence-electron chi connectivity index (χ3n) is 13.7. The second kappa shape index (κ2) is 7.17. The summed E-state index contributed by atoms with van der Waals surface area (Å²) in [6.07, 6.45) is 5.77. The molecule has 4 aliphatic heterocycles. The fourth-order valence-electron chi connectivity index (χ4n) is 12.8. The monoisotopic (exact) mass is 534 g/mol. The minimum absolute atomic E-state index is 0.459. The Morgan fingerprint density at radius 3 is 0.824 bits per heavy atom. The van der Waals surface area contributed by atoms with Gasteiger partial charge in [0.25, 0.3) is 0 Å². The smallest absolute Gasteiger partial charge is 0.0826 e. The predicted octanol–water partition coefficient (Wildman–Crippen LogP) is 11.0. The van der Waals surface area contributed by atoms with Crippen LogP contribution in [0, 0.1) is 0 Å². The summed E-state index contributed by atoms with van der Waals surface area (Å²) >= 11 is 0. The highest BCUT2D eigenvalue weighted by Gasteiger charge is 3.19. The van der Waals surface area contributed by atoms with E-state index in [1.54, 1.807) is 0 Å². The molecule has 0 N–H and O–H groups in total. The van der Waals surface area contributed by atoms with Crippen molar-refractivity contribution in [3.05, 3.63) is 10.4 Å². The van der Waals surface area contributed by atoms with Crippen molar-refractivity contribution < 1.29 is 0 Å². The van der Waals surface area contributed by atoms with Crippen LogP contribution in [-0.2, 0) is 0 Å². The molecule has 0 spiro atoms. The number of rotatable bonds is 6. The highest BCUT2D eigenvalue weighted by atomic mass is 29.3. The molecule has 2 bridgehead atoms. The third kappa shape index (κ3) is 2.20. The Balaban J connectivity index is 2.60. The molecule has 0 aromatic carbocycles. The minimum Gasteiger partial charge on any atom is -0.0874 e. The molecule has 0 aliphatic carbocycles. The first-order chi connectivity index (χ1) is 15.0. The Morgan fingerprint density at radius 2 is 0.706 bits per heavy atom. The van der Waals surface area contributed by atoms with Gasteiger partial charge in [-0.2, -0.15) is 0 Å². The summed E-state index contributed by atoms with van der Waals surface area (Å²) in [5, 5.41) is 6.22. The lowest BCUT2D eigenvalue weighted by molar-refractivity contribution is 0.631. The van der Waals surface area contributed by atoms with Crippen LogP contribution in [0.15, 0.2) is 10.4 Å². The van der Waals surface area contributed by atoms with Crippen molar-refractivity contribution in [2.24, 2.45) is 0 Å². The molecule has 198 valence electrons. The van der Waals surface area contributed by atoms with Crippen LogP contribution < -0.4 is 0 Å². The van der Waals surface area contributed by atoms with Crippen molar-refractivity contribution >= 4 is 30.4 Å². The summed E-state index contributed by atoms with van der Waals surface area (Å²) in [6, 6.07) is 0. The van der Waals surface area contributed by atoms with Crippen molar-refractivity contribution in [1.29, 1.82) is 0 Å². The molecule has 0 amide bonds. The molecular formula is C30H62Si4. The van der Waals surface area contributed by atoms with E-state index in [0.717, 1.165) is 9.32 Å². The maximum absolute atomic E-state index is 2.96. The summed E-state index contributed by atoms with van der Waals surface area (Å²) < 4.78 is 1.59. The SMILES string of the molecule is CCC1=C(CC)[Si]2([Si](C)(C(C)(C)C)C(C)(C)C)C3(CC)C2(CC)[Si]13[Si](C)(C(C)(C)C)C(C)(C)C. The first-order valence-corrected chi connectivity index (χ1v) is 25.7. The summed E-state index contributed by atoms with van der Waals surface area (Å²) in [6.45, 7) is 48.6. The largest absolute Gasteiger partial charge is 0.0874 e. The van der Waals surface area contributed by atoms with Crippen molar-refractivity contribution in [3.8, 4) is 0 Å². The van der Waals surface area contributed by atoms with E-state index in [1.807, 2.05) is 0 Å². The Hall–Kier alpha value is 0.608. The summed E-state index contributed by atoms with van der Waals surface area (Å²) in [7, 11) is -6.60. The molecule has 0 aromatic heterocycles. The maximum atomic E-state index is 2.96. The van der Waals surface area contributed by atoms with Gasteiger partial charge in [0, 0.05) is 0 Å². The van der Waals surface area contributed by atoms with Gasteiger partial charge in [-0.25, -0.2) is 0 Å². The van der Waals surface area contributed by atoms with Gasteiger partial charge in [0.2, 0.25) is 0 Å². The topological polar surface area (TPSA) is 0 Å². The predicted molar refractivity (Wildman–Crippen MR) is 167 cm³/mol. The highest BCUT2D eigenvalue weighted by molar-refractivity contribution is 7.80. The van der Waals surface area contributed by atoms with Gasteiger partial charge in [-0.15, -0.1) is 0 Å². The molecule has 0 aromatic rings. The third-order valence-corrected chi connectivity index (χ3v) is 72.7. The lowest BCUT2D eigenvalue weighted by Gasteiger charge is -2.64. The van der Waals surface area contributed by atoms with Crippen LogP contribution in [0.3, 0.4) is 0 Å². The quantitative estimate of drug-likeness (QED) is 0.297. The van der Waals surface area contributed by atoms with Crippen molar-refractivity contribution in [2.45, 2.75) is 179 Å². The molecule has 0 saturated carbocycles. The van der Waals surface area contributed by atoms with Crippen LogP contribution in [0.5, 0.6) is 0 Å². The van der Waals surface area contributed by atoms with Gasteiger partial charge in [-0.3, -0.25) is 0 Å². The summed E-state index contributed by atoms with van der Waals surface area (Å²) in [5.41, 5.74) is 0. The van der Waals surface area contributed by atoms with Gasteiger partial charge < -0.3 is 0 Å². The zero-order chi connectivity index (χ0) is 27.0. The average molecular weight is 535 g/mol. The number of allylic oxidation sites excluding steroid dienone is 2. The Morgan fingerprint density at radius 1 is 0.500 bits per heavy atom. The van der Waals surface area contributed by atoms with E-state index in [0.29, 0.717) is 20.2 Å². The molecule has 2 saturated heterocycles. The molecule has 0 nitrogen and oxygen atoms in total. The standard InChI is InChI=1S/C30H62Si4/c1-19-23-24(20-2)34(32(18,27(11,12)13)28(14,15)16)29(21-3)30(34,22-4)33(23,29)31(17,25(5,6)7)26(8,9)10/h19-22H2,1-18H3. The lowest BCUT2D eigenvalue weighted by atomic mass is 10.2. The number of hydrogen-bond donors (Lipinski definition) is 0. The minimum atomic E-state index is -1.68. The first kappa shape index (κ1) is 29.2. The van der Waals surface area contributed by atoms with Crippen LogP contribution in [0.1, 0.15) is 136 Å². The van der Waals surface area contributed by atoms with Gasteiger partial charge >= 0.3 is 0 Å². The average Bonchev–Trinajstić information content (AvgIpc) is 3.34. The van der Waals surface area contributed by atoms with Crippen LogP contribution in [-0.4, -0.2) is 30.4 Å². The van der Waals surface area contributed by atoms with E-state index in [1.165, 1.54) is 25.7 Å². The molecule has 0 atom stereocenters. The second-order valence-corrected chi connectivity index (χ2v) is 46.6. The summed E-state index contributed by atoms with van der Waals surface area (Å²) in [5.74, 6) is 0. The van der Waals surface area contributed by atoms with E-state index < -0.39 is 30.4 Å². The van der Waals surface area contributed by atoms with Gasteiger partial charge in [-0.1, -0.05) is 147 Å². The van der Waals surface area contributed by atoms with E-state index >= 15 is 0 Å². The van der Waals surface area contributed by atoms with E-state index in [4.69, 9.17) is 0 Å². The Bertz CT molecular complexity index is 784. The first-order valence-electron chi connectivity index (χ1n) is 14.7. The van der Waals surface area contributed by atoms with Crippen molar-refractivity contribution in [2.75, 3.05) is 0 Å². The van der Waals surface area contributed by atoms with Gasteiger partial charge in [0.15, 0.2) is 0 Å². The second-order valence-electron chi connectivity index (χ2n) is 16.9. The van der Waals surface area contributed by atoms with Crippen LogP contribution in [0.25, 0.3) is 0 Å². The zero-order valence-corrected chi connectivity index (χ0v) is 30.8. The zero-order valence-electron chi connectivity index (χ0n) is 26.8. The highest BCUT2D eigenvalue weighted by Crippen LogP contribution is 3.17.